The van der Waals surface area contributed by atoms with Crippen molar-refractivity contribution in [1.82, 2.24) is 10.6 Å². The predicted molar refractivity (Wildman–Crippen MR) is 79.2 cm³/mol. The van der Waals surface area contributed by atoms with Crippen LogP contribution in [0.3, 0.4) is 0 Å². The highest BCUT2D eigenvalue weighted by Crippen LogP contribution is 2.18. The van der Waals surface area contributed by atoms with Crippen LogP contribution in [0, 0.1) is 5.92 Å². The Labute approximate surface area is 117 Å². The predicted octanol–water partition coefficient (Wildman–Crippen LogP) is 3.10. The average Bonchev–Trinajstić information content (AvgIpc) is 3.08. The molecule has 3 heteroatoms. The van der Waals surface area contributed by atoms with Crippen LogP contribution >= 0.6 is 0 Å². The van der Waals surface area contributed by atoms with Gasteiger partial charge in [0, 0.05) is 24.6 Å². The Hall–Kier alpha value is -0.800. The molecule has 1 heterocycles. The second kappa shape index (κ2) is 7.71. The second-order valence-corrected chi connectivity index (χ2v) is 6.13. The van der Waals surface area contributed by atoms with Gasteiger partial charge in [0.2, 0.25) is 0 Å². The van der Waals surface area contributed by atoms with E-state index in [2.05, 4.69) is 30.5 Å². The Morgan fingerprint density at radius 1 is 1.32 bits per heavy atom. The summed E-state index contributed by atoms with van der Waals surface area (Å²) in [7, 11) is 0. The second-order valence-electron chi connectivity index (χ2n) is 6.13. The number of aryl methyl sites for hydroxylation is 1. The van der Waals surface area contributed by atoms with Crippen molar-refractivity contribution in [2.24, 2.45) is 5.92 Å². The minimum atomic E-state index is 0.699. The zero-order chi connectivity index (χ0) is 13.5. The van der Waals surface area contributed by atoms with E-state index in [0.29, 0.717) is 5.92 Å². The molecule has 1 aromatic rings. The number of unbranched alkanes of at least 4 members (excludes halogenated alkanes) is 1. The van der Waals surface area contributed by atoms with Gasteiger partial charge < -0.3 is 15.1 Å². The van der Waals surface area contributed by atoms with E-state index in [-0.39, 0.29) is 0 Å². The maximum atomic E-state index is 5.60. The smallest absolute Gasteiger partial charge is 0.104 e. The van der Waals surface area contributed by atoms with Crippen LogP contribution in [0.15, 0.2) is 16.7 Å². The van der Waals surface area contributed by atoms with Gasteiger partial charge in [0.05, 0.1) is 6.26 Å². The van der Waals surface area contributed by atoms with Crippen LogP contribution in [0.25, 0.3) is 0 Å². The van der Waals surface area contributed by atoms with Gasteiger partial charge in [0.15, 0.2) is 0 Å². The largest absolute Gasteiger partial charge is 0.469 e. The third-order valence-corrected chi connectivity index (χ3v) is 3.45. The molecule has 2 rings (SSSR count). The molecule has 0 saturated heterocycles. The first-order chi connectivity index (χ1) is 9.24. The molecule has 0 amide bonds. The number of hydrogen-bond donors (Lipinski definition) is 2. The maximum Gasteiger partial charge on any atom is 0.104 e. The van der Waals surface area contributed by atoms with Gasteiger partial charge in [-0.3, -0.25) is 0 Å². The number of rotatable bonds is 10. The lowest BCUT2D eigenvalue weighted by atomic mass is 10.2. The van der Waals surface area contributed by atoms with Gasteiger partial charge in [-0.15, -0.1) is 0 Å². The van der Waals surface area contributed by atoms with Gasteiger partial charge in [-0.05, 0) is 50.8 Å². The van der Waals surface area contributed by atoms with Crippen LogP contribution in [0.1, 0.15) is 50.9 Å². The molecule has 0 radical (unpaired) electrons. The highest BCUT2D eigenvalue weighted by molar-refractivity contribution is 5.12. The molecule has 0 spiro atoms. The third-order valence-electron chi connectivity index (χ3n) is 3.45. The molecule has 1 aromatic heterocycles. The first kappa shape index (κ1) is 14.6. The Morgan fingerprint density at radius 2 is 2.16 bits per heavy atom. The SMILES string of the molecule is CC(C)CNCc1coc(CCCCNC2CC2)c1. The fraction of sp³-hybridized carbons (Fsp3) is 0.750. The van der Waals surface area contributed by atoms with Gasteiger partial charge in [0.25, 0.3) is 0 Å². The van der Waals surface area contributed by atoms with Crippen LogP contribution in [0.2, 0.25) is 0 Å². The van der Waals surface area contributed by atoms with E-state index in [0.717, 1.165) is 37.9 Å². The summed E-state index contributed by atoms with van der Waals surface area (Å²) in [6.07, 6.45) is 8.18. The summed E-state index contributed by atoms with van der Waals surface area (Å²) in [5.41, 5.74) is 1.27. The zero-order valence-corrected chi connectivity index (χ0v) is 12.4. The van der Waals surface area contributed by atoms with Crippen molar-refractivity contribution in [1.29, 1.82) is 0 Å². The van der Waals surface area contributed by atoms with Crippen LogP contribution in [0.4, 0.5) is 0 Å². The fourth-order valence-electron chi connectivity index (χ4n) is 2.17. The summed E-state index contributed by atoms with van der Waals surface area (Å²) < 4.78 is 5.60. The molecule has 2 N–H and O–H groups in total. The van der Waals surface area contributed by atoms with Crippen molar-refractivity contribution < 1.29 is 4.42 Å². The van der Waals surface area contributed by atoms with Gasteiger partial charge in [0.1, 0.15) is 5.76 Å². The van der Waals surface area contributed by atoms with E-state index in [1.54, 1.807) is 0 Å². The summed E-state index contributed by atoms with van der Waals surface area (Å²) >= 11 is 0. The number of nitrogens with one attached hydrogen (secondary N) is 2. The Balaban J connectivity index is 1.54. The zero-order valence-electron chi connectivity index (χ0n) is 12.4. The average molecular weight is 264 g/mol. The molecule has 0 bridgehead atoms. The quantitative estimate of drug-likeness (QED) is 0.638. The molecule has 0 unspecified atom stereocenters. The molecule has 0 aliphatic heterocycles. The number of furan rings is 1. The molecular weight excluding hydrogens is 236 g/mol. The van der Waals surface area contributed by atoms with Gasteiger partial charge in [-0.2, -0.15) is 0 Å². The Kier molecular flexibility index (Phi) is 5.93. The lowest BCUT2D eigenvalue weighted by Gasteiger charge is -2.04. The molecule has 3 nitrogen and oxygen atoms in total. The van der Waals surface area contributed by atoms with E-state index in [9.17, 15) is 0 Å². The lowest BCUT2D eigenvalue weighted by Crippen LogP contribution is -2.18. The molecule has 1 aliphatic rings. The minimum Gasteiger partial charge on any atom is -0.469 e. The van der Waals surface area contributed by atoms with Crippen LogP contribution in [0.5, 0.6) is 0 Å². The third kappa shape index (κ3) is 6.26. The van der Waals surface area contributed by atoms with Crippen LogP contribution in [-0.2, 0) is 13.0 Å². The first-order valence-corrected chi connectivity index (χ1v) is 7.74. The number of hydrogen-bond acceptors (Lipinski definition) is 3. The molecule has 19 heavy (non-hydrogen) atoms. The highest BCUT2D eigenvalue weighted by atomic mass is 16.3. The molecule has 1 saturated carbocycles. The first-order valence-electron chi connectivity index (χ1n) is 7.74. The monoisotopic (exact) mass is 264 g/mol. The summed E-state index contributed by atoms with van der Waals surface area (Å²) in [4.78, 5) is 0. The molecule has 1 aliphatic carbocycles. The molecule has 1 fully saturated rings. The highest BCUT2D eigenvalue weighted by Gasteiger charge is 2.19. The molecular formula is C16H28N2O. The van der Waals surface area contributed by atoms with Crippen molar-refractivity contribution >= 4 is 0 Å². The van der Waals surface area contributed by atoms with Gasteiger partial charge in [-0.1, -0.05) is 13.8 Å². The topological polar surface area (TPSA) is 37.2 Å². The van der Waals surface area contributed by atoms with E-state index in [4.69, 9.17) is 4.42 Å². The standard InChI is InChI=1S/C16H28N2O/c1-13(2)10-17-11-14-9-16(19-12-14)5-3-4-8-18-15-6-7-15/h9,12-13,15,17-18H,3-8,10-11H2,1-2H3. The normalized spacial score (nSPS) is 15.3. The lowest BCUT2D eigenvalue weighted by molar-refractivity contribution is 0.490. The minimum absolute atomic E-state index is 0.699. The fourth-order valence-corrected chi connectivity index (χ4v) is 2.17. The summed E-state index contributed by atoms with van der Waals surface area (Å²) in [5, 5.41) is 6.99. The molecule has 0 aromatic carbocycles. The summed E-state index contributed by atoms with van der Waals surface area (Å²) in [6.45, 7) is 7.60. The van der Waals surface area contributed by atoms with Crippen molar-refractivity contribution in [3.05, 3.63) is 23.7 Å². The maximum absolute atomic E-state index is 5.60. The van der Waals surface area contributed by atoms with Crippen molar-refractivity contribution in [2.75, 3.05) is 13.1 Å². The van der Waals surface area contributed by atoms with E-state index < -0.39 is 0 Å². The molecule has 0 atom stereocenters. The molecule has 108 valence electrons. The Morgan fingerprint density at radius 3 is 2.89 bits per heavy atom. The van der Waals surface area contributed by atoms with Crippen molar-refractivity contribution in [2.45, 2.75) is 58.5 Å². The van der Waals surface area contributed by atoms with Crippen molar-refractivity contribution in [3.8, 4) is 0 Å². The van der Waals surface area contributed by atoms with E-state index >= 15 is 0 Å². The van der Waals surface area contributed by atoms with Crippen molar-refractivity contribution in [3.63, 3.8) is 0 Å². The van der Waals surface area contributed by atoms with Crippen LogP contribution < -0.4 is 10.6 Å². The summed E-state index contributed by atoms with van der Waals surface area (Å²) in [6, 6.07) is 3.03. The van der Waals surface area contributed by atoms with E-state index in [1.165, 1.54) is 31.2 Å². The van der Waals surface area contributed by atoms with Gasteiger partial charge in [-0.25, -0.2) is 0 Å². The van der Waals surface area contributed by atoms with E-state index in [1.807, 2.05) is 6.26 Å². The van der Waals surface area contributed by atoms with Crippen LogP contribution in [-0.4, -0.2) is 19.1 Å². The van der Waals surface area contributed by atoms with Gasteiger partial charge >= 0.3 is 0 Å². The Bertz CT molecular complexity index is 355. The summed E-state index contributed by atoms with van der Waals surface area (Å²) in [5.74, 6) is 1.83.